The first-order chi connectivity index (χ1) is 12.3. The fraction of sp³-hybridized carbons (Fsp3) is 0.263. The van der Waals surface area contributed by atoms with Crippen LogP contribution in [0.15, 0.2) is 24.3 Å². The zero-order chi connectivity index (χ0) is 19.0. The first-order valence-corrected chi connectivity index (χ1v) is 8.44. The summed E-state index contributed by atoms with van der Waals surface area (Å²) in [6.45, 7) is 4.85. The predicted molar refractivity (Wildman–Crippen MR) is 96.8 cm³/mol. The zero-order valence-electron chi connectivity index (χ0n) is 14.6. The van der Waals surface area contributed by atoms with Crippen molar-refractivity contribution in [2.45, 2.75) is 26.7 Å². The molecule has 3 rings (SSSR count). The van der Waals surface area contributed by atoms with E-state index in [4.69, 9.17) is 16.3 Å². The molecule has 1 aromatic heterocycles. The smallest absolute Gasteiger partial charge is 0.342 e. The summed E-state index contributed by atoms with van der Waals surface area (Å²) >= 11 is 6.02. The summed E-state index contributed by atoms with van der Waals surface area (Å²) in [4.78, 5) is 40.3. The maximum Gasteiger partial charge on any atom is 0.342 e. The summed E-state index contributed by atoms with van der Waals surface area (Å²) in [6, 6.07) is 6.64. The van der Waals surface area contributed by atoms with Crippen LogP contribution < -0.4 is 5.32 Å². The molecule has 1 aliphatic rings. The molecular formula is C19H17ClN2O4. The number of aryl methyl sites for hydroxylation is 2. The maximum absolute atomic E-state index is 12.4. The molecule has 1 aliphatic heterocycles. The van der Waals surface area contributed by atoms with Crippen LogP contribution in [0.25, 0.3) is 0 Å². The Morgan fingerprint density at radius 2 is 2.00 bits per heavy atom. The molecule has 7 heteroatoms. The highest BCUT2D eigenvalue weighted by Crippen LogP contribution is 2.32. The second-order valence-electron chi connectivity index (χ2n) is 6.26. The van der Waals surface area contributed by atoms with Gasteiger partial charge in [0.05, 0.1) is 11.5 Å². The van der Waals surface area contributed by atoms with E-state index in [1.807, 2.05) is 0 Å². The number of pyridine rings is 1. The van der Waals surface area contributed by atoms with E-state index in [1.165, 1.54) is 0 Å². The maximum atomic E-state index is 12.4. The average molecular weight is 373 g/mol. The number of carbonyl (C=O) groups is 3. The number of rotatable bonds is 4. The number of carbonyl (C=O) groups excluding carboxylic acids is 3. The summed E-state index contributed by atoms with van der Waals surface area (Å²) in [5, 5.41) is 2.80. The van der Waals surface area contributed by atoms with Gasteiger partial charge in [0.15, 0.2) is 12.4 Å². The van der Waals surface area contributed by atoms with Gasteiger partial charge in [-0.25, -0.2) is 9.78 Å². The van der Waals surface area contributed by atoms with Gasteiger partial charge in [-0.3, -0.25) is 9.59 Å². The van der Waals surface area contributed by atoms with Crippen LogP contribution in [-0.2, 0) is 9.53 Å². The van der Waals surface area contributed by atoms with Crippen LogP contribution in [0.1, 0.15) is 50.4 Å². The van der Waals surface area contributed by atoms with Gasteiger partial charge in [-0.15, -0.1) is 0 Å². The number of halogens is 1. The van der Waals surface area contributed by atoms with Crippen molar-refractivity contribution in [2.75, 3.05) is 11.9 Å². The molecule has 0 saturated heterocycles. The van der Waals surface area contributed by atoms with E-state index in [9.17, 15) is 14.4 Å². The lowest BCUT2D eigenvalue weighted by Crippen LogP contribution is -2.16. The number of ketones is 1. The van der Waals surface area contributed by atoms with Gasteiger partial charge in [0.1, 0.15) is 5.15 Å². The van der Waals surface area contributed by atoms with Crippen LogP contribution >= 0.6 is 11.6 Å². The number of hydrogen-bond acceptors (Lipinski definition) is 5. The van der Waals surface area contributed by atoms with Crippen molar-refractivity contribution in [2.24, 2.45) is 0 Å². The molecule has 0 aliphatic carbocycles. The Morgan fingerprint density at radius 3 is 2.69 bits per heavy atom. The lowest BCUT2D eigenvalue weighted by Gasteiger charge is -2.09. The SMILES string of the molecule is Cc1cc(C)c(C(=O)OCC(=O)c2ccc3c(c2)[C@H](C)C(=O)N3)c(Cl)n1. The van der Waals surface area contributed by atoms with E-state index < -0.39 is 12.6 Å². The molecule has 26 heavy (non-hydrogen) atoms. The Morgan fingerprint density at radius 1 is 1.27 bits per heavy atom. The minimum Gasteiger partial charge on any atom is -0.454 e. The van der Waals surface area contributed by atoms with Crippen LogP contribution in [-0.4, -0.2) is 29.3 Å². The van der Waals surface area contributed by atoms with Crippen molar-refractivity contribution in [1.29, 1.82) is 0 Å². The van der Waals surface area contributed by atoms with Crippen molar-refractivity contribution in [1.82, 2.24) is 4.98 Å². The summed E-state index contributed by atoms with van der Waals surface area (Å²) in [5.74, 6) is -1.48. The summed E-state index contributed by atoms with van der Waals surface area (Å²) < 4.78 is 5.12. The number of anilines is 1. The van der Waals surface area contributed by atoms with Crippen LogP contribution in [0.5, 0.6) is 0 Å². The van der Waals surface area contributed by atoms with Gasteiger partial charge in [-0.1, -0.05) is 11.6 Å². The Bertz CT molecular complexity index is 916. The number of nitrogens with zero attached hydrogens (tertiary/aromatic N) is 1. The lowest BCUT2D eigenvalue weighted by atomic mass is 9.99. The van der Waals surface area contributed by atoms with E-state index >= 15 is 0 Å². The highest BCUT2D eigenvalue weighted by atomic mass is 35.5. The molecular weight excluding hydrogens is 356 g/mol. The number of nitrogens with one attached hydrogen (secondary N) is 1. The molecule has 1 amide bonds. The van der Waals surface area contributed by atoms with E-state index in [2.05, 4.69) is 10.3 Å². The van der Waals surface area contributed by atoms with Crippen LogP contribution in [0, 0.1) is 13.8 Å². The molecule has 1 N–H and O–H groups in total. The molecule has 2 aromatic rings. The van der Waals surface area contributed by atoms with E-state index in [0.29, 0.717) is 22.5 Å². The summed E-state index contributed by atoms with van der Waals surface area (Å²) in [7, 11) is 0. The fourth-order valence-corrected chi connectivity index (χ4v) is 3.27. The summed E-state index contributed by atoms with van der Waals surface area (Å²) in [6.07, 6.45) is 0. The Balaban J connectivity index is 1.72. The number of amides is 1. The van der Waals surface area contributed by atoms with Crippen molar-refractivity contribution in [3.05, 3.63) is 57.4 Å². The van der Waals surface area contributed by atoms with Crippen LogP contribution in [0.3, 0.4) is 0 Å². The molecule has 1 atom stereocenters. The van der Waals surface area contributed by atoms with Gasteiger partial charge in [-0.05, 0) is 56.2 Å². The minimum atomic E-state index is -0.695. The quantitative estimate of drug-likeness (QED) is 0.504. The number of esters is 1. The fourth-order valence-electron chi connectivity index (χ4n) is 2.91. The zero-order valence-corrected chi connectivity index (χ0v) is 15.3. The normalized spacial score (nSPS) is 15.4. The van der Waals surface area contributed by atoms with Crippen molar-refractivity contribution >= 4 is 34.9 Å². The molecule has 0 spiro atoms. The second-order valence-corrected chi connectivity index (χ2v) is 6.62. The van der Waals surface area contributed by atoms with Gasteiger partial charge in [0.2, 0.25) is 5.91 Å². The van der Waals surface area contributed by atoms with Gasteiger partial charge in [0.25, 0.3) is 0 Å². The number of hydrogen-bond donors (Lipinski definition) is 1. The van der Waals surface area contributed by atoms with Crippen LogP contribution in [0.2, 0.25) is 5.15 Å². The third kappa shape index (κ3) is 3.32. The largest absolute Gasteiger partial charge is 0.454 e. The molecule has 134 valence electrons. The lowest BCUT2D eigenvalue weighted by molar-refractivity contribution is -0.116. The molecule has 0 radical (unpaired) electrons. The number of aromatic nitrogens is 1. The molecule has 0 bridgehead atoms. The second kappa shape index (κ2) is 6.88. The number of Topliss-reactive ketones (excluding diaryl/α,β-unsaturated/α-hetero) is 1. The van der Waals surface area contributed by atoms with Crippen molar-refractivity contribution in [3.63, 3.8) is 0 Å². The third-order valence-electron chi connectivity index (χ3n) is 4.33. The molecule has 6 nitrogen and oxygen atoms in total. The molecule has 0 unspecified atom stereocenters. The van der Waals surface area contributed by atoms with E-state index in [1.54, 1.807) is 45.0 Å². The summed E-state index contributed by atoms with van der Waals surface area (Å²) in [5.41, 5.74) is 3.32. The Kier molecular flexibility index (Phi) is 4.78. The molecule has 1 aromatic carbocycles. The first kappa shape index (κ1) is 18.1. The highest BCUT2D eigenvalue weighted by molar-refractivity contribution is 6.32. The first-order valence-electron chi connectivity index (χ1n) is 8.07. The number of fused-ring (bicyclic) bond motifs is 1. The van der Waals surface area contributed by atoms with E-state index in [0.717, 1.165) is 5.56 Å². The highest BCUT2D eigenvalue weighted by Gasteiger charge is 2.27. The van der Waals surface area contributed by atoms with Gasteiger partial charge < -0.3 is 10.1 Å². The monoisotopic (exact) mass is 372 g/mol. The minimum absolute atomic E-state index is 0.0518. The Labute approximate surface area is 155 Å². The molecule has 2 heterocycles. The predicted octanol–water partition coefficient (Wildman–Crippen LogP) is 3.45. The molecule has 0 saturated carbocycles. The van der Waals surface area contributed by atoms with Gasteiger partial charge in [-0.2, -0.15) is 0 Å². The van der Waals surface area contributed by atoms with Crippen molar-refractivity contribution < 1.29 is 19.1 Å². The standard InChI is InChI=1S/C19H17ClN2O4/c1-9-6-10(2)21-17(20)16(9)19(25)26-8-15(23)12-4-5-14-13(7-12)11(3)18(24)22-14/h4-7,11H,8H2,1-3H3,(H,22,24)/t11-/m0/s1. The van der Waals surface area contributed by atoms with E-state index in [-0.39, 0.29) is 28.3 Å². The van der Waals surface area contributed by atoms with Gasteiger partial charge >= 0.3 is 5.97 Å². The number of ether oxygens (including phenoxy) is 1. The third-order valence-corrected chi connectivity index (χ3v) is 4.60. The Hall–Kier alpha value is -2.73. The van der Waals surface area contributed by atoms with Crippen LogP contribution in [0.4, 0.5) is 5.69 Å². The number of benzene rings is 1. The van der Waals surface area contributed by atoms with Gasteiger partial charge in [0, 0.05) is 16.9 Å². The van der Waals surface area contributed by atoms with Crippen molar-refractivity contribution in [3.8, 4) is 0 Å². The topological polar surface area (TPSA) is 85.4 Å². The average Bonchev–Trinajstić information content (AvgIpc) is 2.85. The molecule has 0 fully saturated rings.